The minimum Gasteiger partial charge on any atom is -0.388 e. The van der Waals surface area contributed by atoms with Crippen LogP contribution in [0, 0.1) is 0 Å². The monoisotopic (exact) mass is 269 g/mol. The third-order valence-electron chi connectivity index (χ3n) is 4.34. The second-order valence-corrected chi connectivity index (χ2v) is 6.95. The number of fused-ring (bicyclic) bond motifs is 1. The Balaban J connectivity index is 1.83. The van der Waals surface area contributed by atoms with Gasteiger partial charge in [-0.25, -0.2) is 0 Å². The Kier molecular flexibility index (Phi) is 5.23. The summed E-state index contributed by atoms with van der Waals surface area (Å²) in [6.45, 7) is 12.5. The molecule has 2 heterocycles. The second kappa shape index (κ2) is 6.53. The van der Waals surface area contributed by atoms with Crippen LogP contribution in [0.4, 0.5) is 0 Å². The van der Waals surface area contributed by atoms with Crippen molar-refractivity contribution in [1.29, 1.82) is 0 Å². The van der Waals surface area contributed by atoms with Gasteiger partial charge in [-0.2, -0.15) is 0 Å². The highest BCUT2D eigenvalue weighted by Gasteiger charge is 2.31. The van der Waals surface area contributed by atoms with Crippen molar-refractivity contribution in [3.63, 3.8) is 0 Å². The van der Waals surface area contributed by atoms with Crippen LogP contribution in [0.3, 0.4) is 0 Å². The lowest BCUT2D eigenvalue weighted by Gasteiger charge is -2.33. The van der Waals surface area contributed by atoms with Crippen LogP contribution in [0.5, 0.6) is 0 Å². The van der Waals surface area contributed by atoms with Gasteiger partial charge in [0, 0.05) is 31.7 Å². The molecule has 4 heteroatoms. The van der Waals surface area contributed by atoms with Gasteiger partial charge in [-0.05, 0) is 45.8 Å². The first kappa shape index (κ1) is 15.2. The summed E-state index contributed by atoms with van der Waals surface area (Å²) in [6, 6.07) is 1.16. The lowest BCUT2D eigenvalue weighted by molar-refractivity contribution is 0.0171. The maximum absolute atomic E-state index is 10.5. The maximum Gasteiger partial charge on any atom is 0.0869 e. The molecular weight excluding hydrogens is 238 g/mol. The lowest BCUT2D eigenvalue weighted by atomic mass is 10.1. The topological polar surface area (TPSA) is 38.7 Å². The van der Waals surface area contributed by atoms with Crippen LogP contribution in [0.15, 0.2) is 0 Å². The largest absolute Gasteiger partial charge is 0.388 e. The van der Waals surface area contributed by atoms with Gasteiger partial charge in [0.05, 0.1) is 5.60 Å². The molecule has 0 spiro atoms. The minimum atomic E-state index is -0.627. The normalized spacial score (nSPS) is 29.2. The molecule has 2 aliphatic rings. The van der Waals surface area contributed by atoms with Crippen molar-refractivity contribution in [3.05, 3.63) is 0 Å². The molecule has 0 aliphatic carbocycles. The molecule has 2 aliphatic heterocycles. The van der Waals surface area contributed by atoms with Gasteiger partial charge in [0.25, 0.3) is 0 Å². The summed E-state index contributed by atoms with van der Waals surface area (Å²) < 4.78 is 0. The Bertz CT molecular complexity index is 281. The van der Waals surface area contributed by atoms with Crippen molar-refractivity contribution < 1.29 is 5.11 Å². The summed E-state index contributed by atoms with van der Waals surface area (Å²) in [5.74, 6) is 0. The van der Waals surface area contributed by atoms with Crippen LogP contribution >= 0.6 is 0 Å². The van der Waals surface area contributed by atoms with E-state index in [2.05, 4.69) is 29.0 Å². The van der Waals surface area contributed by atoms with E-state index in [9.17, 15) is 5.11 Å². The highest BCUT2D eigenvalue weighted by molar-refractivity contribution is 4.88. The summed E-state index contributed by atoms with van der Waals surface area (Å²) in [5, 5.41) is 13.9. The van der Waals surface area contributed by atoms with Gasteiger partial charge in [-0.3, -0.25) is 9.80 Å². The highest BCUT2D eigenvalue weighted by Crippen LogP contribution is 2.22. The number of nitrogens with zero attached hydrogens (tertiary/aromatic N) is 2. The number of nitrogens with one attached hydrogen (secondary N) is 1. The third kappa shape index (κ3) is 4.71. The fraction of sp³-hybridized carbons (Fsp3) is 1.00. The van der Waals surface area contributed by atoms with Crippen LogP contribution in [-0.4, -0.2) is 71.9 Å². The summed E-state index contributed by atoms with van der Waals surface area (Å²) in [7, 11) is 0. The molecule has 0 aromatic carbocycles. The van der Waals surface area contributed by atoms with Crippen molar-refractivity contribution in [1.82, 2.24) is 15.1 Å². The first-order chi connectivity index (χ1) is 8.96. The van der Waals surface area contributed by atoms with E-state index in [0.29, 0.717) is 12.6 Å². The van der Waals surface area contributed by atoms with E-state index in [1.165, 1.54) is 32.4 Å². The highest BCUT2D eigenvalue weighted by atomic mass is 16.3. The van der Waals surface area contributed by atoms with E-state index >= 15 is 0 Å². The molecule has 2 rings (SSSR count). The molecule has 2 atom stereocenters. The smallest absolute Gasteiger partial charge is 0.0869 e. The Morgan fingerprint density at radius 2 is 2.00 bits per heavy atom. The zero-order valence-corrected chi connectivity index (χ0v) is 12.9. The minimum absolute atomic E-state index is 0.431. The summed E-state index contributed by atoms with van der Waals surface area (Å²) in [5.41, 5.74) is -0.627. The van der Waals surface area contributed by atoms with Crippen LogP contribution in [0.2, 0.25) is 0 Å². The van der Waals surface area contributed by atoms with Crippen molar-refractivity contribution in [2.24, 2.45) is 0 Å². The van der Waals surface area contributed by atoms with Gasteiger partial charge < -0.3 is 10.4 Å². The van der Waals surface area contributed by atoms with Crippen molar-refractivity contribution in [2.45, 2.75) is 57.7 Å². The van der Waals surface area contributed by atoms with Crippen molar-refractivity contribution in [2.75, 3.05) is 39.3 Å². The van der Waals surface area contributed by atoms with Gasteiger partial charge in [0.1, 0.15) is 0 Å². The van der Waals surface area contributed by atoms with E-state index < -0.39 is 5.60 Å². The molecule has 112 valence electrons. The zero-order chi connectivity index (χ0) is 13.9. The van der Waals surface area contributed by atoms with Crippen LogP contribution < -0.4 is 5.32 Å². The molecule has 0 radical (unpaired) electrons. The predicted molar refractivity (Wildman–Crippen MR) is 79.4 cm³/mol. The fourth-order valence-corrected chi connectivity index (χ4v) is 3.39. The lowest BCUT2D eigenvalue weighted by Crippen LogP contribution is -2.50. The Labute approximate surface area is 118 Å². The van der Waals surface area contributed by atoms with E-state index in [4.69, 9.17) is 0 Å². The van der Waals surface area contributed by atoms with Gasteiger partial charge >= 0.3 is 0 Å². The van der Waals surface area contributed by atoms with Crippen molar-refractivity contribution >= 4 is 0 Å². The van der Waals surface area contributed by atoms with Crippen LogP contribution in [-0.2, 0) is 0 Å². The summed E-state index contributed by atoms with van der Waals surface area (Å²) in [6.07, 6.45) is 3.93. The molecule has 2 saturated heterocycles. The Morgan fingerprint density at radius 1 is 1.26 bits per heavy atom. The zero-order valence-electron chi connectivity index (χ0n) is 12.9. The number of rotatable bonds is 5. The summed E-state index contributed by atoms with van der Waals surface area (Å²) >= 11 is 0. The summed E-state index contributed by atoms with van der Waals surface area (Å²) in [4.78, 5) is 5.11. The predicted octanol–water partition coefficient (Wildman–Crippen LogP) is 0.906. The SMILES string of the molecule is CC(C)NCC(C)(O)CN1CCCN2CCCC2C1. The Morgan fingerprint density at radius 3 is 2.74 bits per heavy atom. The molecule has 4 nitrogen and oxygen atoms in total. The molecule has 0 bridgehead atoms. The first-order valence-corrected chi connectivity index (χ1v) is 7.88. The van der Waals surface area contributed by atoms with Gasteiger partial charge in [-0.1, -0.05) is 13.8 Å². The average molecular weight is 269 g/mol. The Hall–Kier alpha value is -0.160. The van der Waals surface area contributed by atoms with Crippen LogP contribution in [0.1, 0.15) is 40.0 Å². The molecule has 0 saturated carbocycles. The molecule has 0 amide bonds. The quantitative estimate of drug-likeness (QED) is 0.778. The third-order valence-corrected chi connectivity index (χ3v) is 4.34. The standard InChI is InChI=1S/C15H31N3O/c1-13(2)16-11-15(3,19)12-17-7-5-9-18-8-4-6-14(18)10-17/h13-14,16,19H,4-12H2,1-3H3. The van der Waals surface area contributed by atoms with E-state index in [0.717, 1.165) is 25.7 Å². The number of hydrogen-bond acceptors (Lipinski definition) is 4. The van der Waals surface area contributed by atoms with Crippen molar-refractivity contribution in [3.8, 4) is 0 Å². The molecule has 19 heavy (non-hydrogen) atoms. The van der Waals surface area contributed by atoms with E-state index in [1.54, 1.807) is 0 Å². The number of aliphatic hydroxyl groups is 1. The maximum atomic E-state index is 10.5. The molecular formula is C15H31N3O. The number of hydrogen-bond donors (Lipinski definition) is 2. The average Bonchev–Trinajstić information content (AvgIpc) is 2.66. The molecule has 0 aromatic heterocycles. The molecule has 2 fully saturated rings. The molecule has 2 unspecified atom stereocenters. The van der Waals surface area contributed by atoms with Gasteiger partial charge in [0.2, 0.25) is 0 Å². The van der Waals surface area contributed by atoms with Crippen LogP contribution in [0.25, 0.3) is 0 Å². The molecule has 0 aromatic rings. The first-order valence-electron chi connectivity index (χ1n) is 7.88. The van der Waals surface area contributed by atoms with Gasteiger partial charge in [-0.15, -0.1) is 0 Å². The number of β-amino-alcohol motifs (C(OH)–C–C–N with tert-alkyl or cyclic N) is 1. The van der Waals surface area contributed by atoms with E-state index in [-0.39, 0.29) is 0 Å². The van der Waals surface area contributed by atoms with Gasteiger partial charge in [0.15, 0.2) is 0 Å². The van der Waals surface area contributed by atoms with E-state index in [1.807, 2.05) is 6.92 Å². The molecule has 2 N–H and O–H groups in total. The fourth-order valence-electron chi connectivity index (χ4n) is 3.39. The second-order valence-electron chi connectivity index (χ2n) is 6.95.